The summed E-state index contributed by atoms with van der Waals surface area (Å²) < 4.78 is 6.75. The zero-order valence-electron chi connectivity index (χ0n) is 13.6. The Bertz CT molecular complexity index is 870. The number of amides is 1. The van der Waals surface area contributed by atoms with Gasteiger partial charge in [0.15, 0.2) is 11.5 Å². The first kappa shape index (κ1) is 15.4. The van der Waals surface area contributed by atoms with Gasteiger partial charge in [-0.15, -0.1) is 0 Å². The minimum atomic E-state index is -0.112. The molecule has 1 aromatic carbocycles. The molecule has 0 aliphatic carbocycles. The number of aromatic nitrogens is 3. The number of para-hydroxylation sites is 1. The van der Waals surface area contributed by atoms with Crippen molar-refractivity contribution in [2.75, 3.05) is 19.0 Å². The lowest BCUT2D eigenvalue weighted by atomic mass is 10.1. The number of anilines is 1. The van der Waals surface area contributed by atoms with Crippen LogP contribution in [0.15, 0.2) is 24.3 Å². The van der Waals surface area contributed by atoms with Crippen molar-refractivity contribution in [1.82, 2.24) is 14.8 Å². The Morgan fingerprint density at radius 2 is 2.22 bits per heavy atom. The van der Waals surface area contributed by atoms with Crippen molar-refractivity contribution in [2.24, 2.45) is 0 Å². The molecule has 3 aromatic rings. The lowest BCUT2D eigenvalue weighted by Gasteiger charge is -2.04. The molecule has 23 heavy (non-hydrogen) atoms. The van der Waals surface area contributed by atoms with Gasteiger partial charge in [0, 0.05) is 19.0 Å². The number of pyridine rings is 1. The molecule has 0 bridgehead atoms. The van der Waals surface area contributed by atoms with Crippen molar-refractivity contribution in [1.29, 1.82) is 0 Å². The van der Waals surface area contributed by atoms with Gasteiger partial charge in [-0.05, 0) is 25.5 Å². The first-order valence-corrected chi connectivity index (χ1v) is 7.69. The first-order chi connectivity index (χ1) is 11.1. The number of rotatable bonds is 5. The van der Waals surface area contributed by atoms with E-state index in [0.717, 1.165) is 27.5 Å². The SMILES string of the molecule is CCn1nc(NC(=O)CCOC)c2cc3cccc(C)c3nc21. The van der Waals surface area contributed by atoms with Gasteiger partial charge in [-0.25, -0.2) is 9.67 Å². The zero-order valence-corrected chi connectivity index (χ0v) is 13.6. The molecule has 0 atom stereocenters. The average Bonchev–Trinajstić information content (AvgIpc) is 2.89. The number of hydrogen-bond donors (Lipinski definition) is 1. The number of aryl methyl sites for hydroxylation is 2. The predicted octanol–water partition coefficient (Wildman–Crippen LogP) is 2.89. The van der Waals surface area contributed by atoms with E-state index in [9.17, 15) is 4.79 Å². The summed E-state index contributed by atoms with van der Waals surface area (Å²) in [6, 6.07) is 8.11. The fourth-order valence-corrected chi connectivity index (χ4v) is 2.63. The van der Waals surface area contributed by atoms with Crippen LogP contribution in [0.2, 0.25) is 0 Å². The van der Waals surface area contributed by atoms with Crippen LogP contribution < -0.4 is 5.32 Å². The largest absolute Gasteiger partial charge is 0.384 e. The quantitative estimate of drug-likeness (QED) is 0.786. The van der Waals surface area contributed by atoms with Gasteiger partial charge in [0.2, 0.25) is 5.91 Å². The molecule has 6 nitrogen and oxygen atoms in total. The van der Waals surface area contributed by atoms with Gasteiger partial charge in [-0.3, -0.25) is 4.79 Å². The van der Waals surface area contributed by atoms with E-state index < -0.39 is 0 Å². The van der Waals surface area contributed by atoms with E-state index in [1.165, 1.54) is 0 Å². The third-order valence-corrected chi connectivity index (χ3v) is 3.84. The van der Waals surface area contributed by atoms with E-state index in [2.05, 4.69) is 10.4 Å². The highest BCUT2D eigenvalue weighted by atomic mass is 16.5. The zero-order chi connectivity index (χ0) is 16.4. The number of nitrogens with one attached hydrogen (secondary N) is 1. The van der Waals surface area contributed by atoms with Crippen LogP contribution in [-0.2, 0) is 16.1 Å². The molecule has 0 fully saturated rings. The van der Waals surface area contributed by atoms with Gasteiger partial charge in [-0.2, -0.15) is 5.10 Å². The number of benzene rings is 1. The standard InChI is InChI=1S/C17H20N4O2/c1-4-21-17-13(16(20-21)18-14(22)8-9-23-3)10-12-7-5-6-11(2)15(12)19-17/h5-7,10H,4,8-9H2,1-3H3,(H,18,20,22). The second kappa shape index (κ2) is 6.34. The Hall–Kier alpha value is -2.47. The first-order valence-electron chi connectivity index (χ1n) is 7.69. The van der Waals surface area contributed by atoms with E-state index in [1.54, 1.807) is 7.11 Å². The van der Waals surface area contributed by atoms with Gasteiger partial charge >= 0.3 is 0 Å². The number of methoxy groups -OCH3 is 1. The molecular formula is C17H20N4O2. The van der Waals surface area contributed by atoms with Crippen LogP contribution in [0.4, 0.5) is 5.82 Å². The Labute approximate surface area is 134 Å². The van der Waals surface area contributed by atoms with Crippen LogP contribution in [0.3, 0.4) is 0 Å². The van der Waals surface area contributed by atoms with Crippen molar-refractivity contribution >= 4 is 33.7 Å². The summed E-state index contributed by atoms with van der Waals surface area (Å²) in [5.41, 5.74) is 2.88. The second-order valence-electron chi connectivity index (χ2n) is 5.46. The van der Waals surface area contributed by atoms with E-state index in [0.29, 0.717) is 25.4 Å². The molecule has 0 aliphatic rings. The molecule has 0 radical (unpaired) electrons. The normalized spacial score (nSPS) is 11.3. The van der Waals surface area contributed by atoms with E-state index >= 15 is 0 Å². The fourth-order valence-electron chi connectivity index (χ4n) is 2.63. The molecule has 0 aliphatic heterocycles. The highest BCUT2D eigenvalue weighted by molar-refractivity contribution is 6.03. The van der Waals surface area contributed by atoms with E-state index in [4.69, 9.17) is 9.72 Å². The molecule has 0 unspecified atom stereocenters. The van der Waals surface area contributed by atoms with Gasteiger partial charge in [0.1, 0.15) is 0 Å². The summed E-state index contributed by atoms with van der Waals surface area (Å²) in [6.45, 7) is 5.13. The molecule has 3 rings (SSSR count). The molecule has 0 spiro atoms. The molecule has 120 valence electrons. The van der Waals surface area contributed by atoms with Crippen LogP contribution in [0.5, 0.6) is 0 Å². The summed E-state index contributed by atoms with van der Waals surface area (Å²) in [6.07, 6.45) is 0.303. The molecule has 0 saturated heterocycles. The highest BCUT2D eigenvalue weighted by Crippen LogP contribution is 2.27. The Balaban J connectivity index is 2.10. The van der Waals surface area contributed by atoms with Crippen molar-refractivity contribution < 1.29 is 9.53 Å². The number of carbonyl (C=O) groups excluding carboxylic acids is 1. The van der Waals surface area contributed by atoms with Crippen molar-refractivity contribution in [3.63, 3.8) is 0 Å². The lowest BCUT2D eigenvalue weighted by molar-refractivity contribution is -0.117. The van der Waals surface area contributed by atoms with Crippen molar-refractivity contribution in [3.8, 4) is 0 Å². The molecule has 2 aromatic heterocycles. The predicted molar refractivity (Wildman–Crippen MR) is 90.6 cm³/mol. The summed E-state index contributed by atoms with van der Waals surface area (Å²) in [4.78, 5) is 16.7. The van der Waals surface area contributed by atoms with Gasteiger partial charge in [-0.1, -0.05) is 18.2 Å². The van der Waals surface area contributed by atoms with E-state index in [-0.39, 0.29) is 5.91 Å². The highest BCUT2D eigenvalue weighted by Gasteiger charge is 2.15. The maximum atomic E-state index is 12.0. The average molecular weight is 312 g/mol. The number of nitrogens with zero attached hydrogens (tertiary/aromatic N) is 3. The molecular weight excluding hydrogens is 292 g/mol. The second-order valence-corrected chi connectivity index (χ2v) is 5.46. The van der Waals surface area contributed by atoms with Crippen molar-refractivity contribution in [2.45, 2.75) is 26.8 Å². The smallest absolute Gasteiger partial charge is 0.227 e. The number of fused-ring (bicyclic) bond motifs is 2. The Morgan fingerprint density at radius 3 is 2.96 bits per heavy atom. The summed E-state index contributed by atoms with van der Waals surface area (Å²) >= 11 is 0. The molecule has 1 amide bonds. The third-order valence-electron chi connectivity index (χ3n) is 3.84. The van der Waals surface area contributed by atoms with Crippen LogP contribution >= 0.6 is 0 Å². The fraction of sp³-hybridized carbons (Fsp3) is 0.353. The van der Waals surface area contributed by atoms with Crippen molar-refractivity contribution in [3.05, 3.63) is 29.8 Å². The third kappa shape index (κ3) is 2.90. The van der Waals surface area contributed by atoms with Gasteiger partial charge in [0.05, 0.1) is 23.9 Å². The lowest BCUT2D eigenvalue weighted by Crippen LogP contribution is -2.14. The van der Waals surface area contributed by atoms with Gasteiger partial charge < -0.3 is 10.1 Å². The maximum absolute atomic E-state index is 12.0. The Morgan fingerprint density at radius 1 is 1.39 bits per heavy atom. The van der Waals surface area contributed by atoms with Crippen LogP contribution in [0.25, 0.3) is 21.9 Å². The summed E-state index contributed by atoms with van der Waals surface area (Å²) in [5, 5.41) is 9.25. The van der Waals surface area contributed by atoms with Crippen LogP contribution in [0.1, 0.15) is 18.9 Å². The number of ether oxygens (including phenoxy) is 1. The Kier molecular flexibility index (Phi) is 4.25. The number of carbonyl (C=O) groups is 1. The molecule has 2 heterocycles. The summed E-state index contributed by atoms with van der Waals surface area (Å²) in [7, 11) is 1.58. The minimum Gasteiger partial charge on any atom is -0.384 e. The number of hydrogen-bond acceptors (Lipinski definition) is 4. The van der Waals surface area contributed by atoms with Gasteiger partial charge in [0.25, 0.3) is 0 Å². The molecule has 1 N–H and O–H groups in total. The molecule has 6 heteroatoms. The summed E-state index contributed by atoms with van der Waals surface area (Å²) in [5.74, 6) is 0.442. The minimum absolute atomic E-state index is 0.112. The van der Waals surface area contributed by atoms with Crippen LogP contribution in [0, 0.1) is 6.92 Å². The maximum Gasteiger partial charge on any atom is 0.227 e. The van der Waals surface area contributed by atoms with Crippen LogP contribution in [-0.4, -0.2) is 34.4 Å². The monoisotopic (exact) mass is 312 g/mol. The van der Waals surface area contributed by atoms with E-state index in [1.807, 2.05) is 42.8 Å². The molecule has 0 saturated carbocycles. The topological polar surface area (TPSA) is 69.0 Å².